The van der Waals surface area contributed by atoms with Crippen LogP contribution in [-0.4, -0.2) is 31.3 Å². The third kappa shape index (κ3) is 2.11. The van der Waals surface area contributed by atoms with Crippen LogP contribution in [0.25, 0.3) is 11.4 Å². The molecule has 0 radical (unpaired) electrons. The minimum Gasteiger partial charge on any atom is -0.481 e. The molecule has 96 valence electrons. The zero-order chi connectivity index (χ0) is 13.2. The van der Waals surface area contributed by atoms with Gasteiger partial charge in [0.25, 0.3) is 0 Å². The molecule has 7 nitrogen and oxygen atoms in total. The van der Waals surface area contributed by atoms with Gasteiger partial charge in [0.05, 0.1) is 23.8 Å². The lowest BCUT2D eigenvalue weighted by atomic mass is 9.88. The molecule has 0 aromatic carbocycles. The van der Waals surface area contributed by atoms with Crippen LogP contribution < -0.4 is 0 Å². The Balaban J connectivity index is 2.31. The first kappa shape index (κ1) is 12.3. The van der Waals surface area contributed by atoms with Gasteiger partial charge in [-0.1, -0.05) is 6.92 Å². The lowest BCUT2D eigenvalue weighted by Crippen LogP contribution is -2.32. The Morgan fingerprint density at radius 3 is 2.94 bits per heavy atom. The highest BCUT2D eigenvalue weighted by molar-refractivity contribution is 5.74. The topological polar surface area (TPSA) is 94.0 Å². The van der Waals surface area contributed by atoms with E-state index in [9.17, 15) is 9.90 Å². The number of carboxylic acids is 1. The second-order valence-corrected chi connectivity index (χ2v) is 4.39. The van der Waals surface area contributed by atoms with E-state index in [1.807, 2.05) is 6.92 Å². The molecule has 1 atom stereocenters. The predicted octanol–water partition coefficient (Wildman–Crippen LogP) is 1.43. The van der Waals surface area contributed by atoms with Crippen molar-refractivity contribution in [1.82, 2.24) is 20.2 Å². The number of furan rings is 1. The molecule has 0 amide bonds. The van der Waals surface area contributed by atoms with E-state index in [0.29, 0.717) is 12.2 Å². The first-order chi connectivity index (χ1) is 8.57. The van der Waals surface area contributed by atoms with Gasteiger partial charge in [-0.3, -0.25) is 4.79 Å². The summed E-state index contributed by atoms with van der Waals surface area (Å²) in [4.78, 5) is 11.3. The van der Waals surface area contributed by atoms with E-state index >= 15 is 0 Å². The molecule has 2 aromatic heterocycles. The van der Waals surface area contributed by atoms with Crippen LogP contribution in [0.2, 0.25) is 0 Å². The maximum Gasteiger partial charge on any atom is 0.311 e. The summed E-state index contributed by atoms with van der Waals surface area (Å²) in [6, 6.07) is 1.73. The Kier molecular flexibility index (Phi) is 3.14. The average molecular weight is 250 g/mol. The monoisotopic (exact) mass is 250 g/mol. The zero-order valence-corrected chi connectivity index (χ0v) is 10.2. The minimum absolute atomic E-state index is 0.215. The number of rotatable bonds is 5. The molecule has 1 N–H and O–H groups in total. The summed E-state index contributed by atoms with van der Waals surface area (Å²) in [5.41, 5.74) is -0.169. The van der Waals surface area contributed by atoms with Crippen molar-refractivity contribution in [3.8, 4) is 11.4 Å². The number of tetrazole rings is 1. The highest BCUT2D eigenvalue weighted by Gasteiger charge is 2.33. The van der Waals surface area contributed by atoms with Gasteiger partial charge in [0.2, 0.25) is 0 Å². The number of aliphatic carboxylic acids is 1. The summed E-state index contributed by atoms with van der Waals surface area (Å²) in [7, 11) is 0. The molecule has 0 bridgehead atoms. The molecule has 0 spiro atoms. The third-order valence-electron chi connectivity index (χ3n) is 3.11. The van der Waals surface area contributed by atoms with Gasteiger partial charge in [-0.2, -0.15) is 0 Å². The first-order valence-corrected chi connectivity index (χ1v) is 5.59. The fourth-order valence-corrected chi connectivity index (χ4v) is 1.57. The molecule has 0 fully saturated rings. The lowest BCUT2D eigenvalue weighted by molar-refractivity contribution is -0.149. The van der Waals surface area contributed by atoms with Crippen molar-refractivity contribution in [2.75, 3.05) is 0 Å². The highest BCUT2D eigenvalue weighted by Crippen LogP contribution is 2.26. The van der Waals surface area contributed by atoms with E-state index < -0.39 is 11.4 Å². The van der Waals surface area contributed by atoms with Crippen LogP contribution >= 0.6 is 0 Å². The summed E-state index contributed by atoms with van der Waals surface area (Å²) in [5.74, 6) is -0.358. The molecule has 7 heteroatoms. The Morgan fingerprint density at radius 2 is 2.39 bits per heavy atom. The number of nitrogens with zero attached hydrogens (tertiary/aromatic N) is 4. The Hall–Kier alpha value is -2.18. The molecule has 2 rings (SSSR count). The van der Waals surface area contributed by atoms with E-state index in [1.54, 1.807) is 13.0 Å². The van der Waals surface area contributed by atoms with Crippen LogP contribution in [0.5, 0.6) is 0 Å². The Bertz CT molecular complexity index is 534. The van der Waals surface area contributed by atoms with Crippen molar-refractivity contribution in [3.05, 3.63) is 18.6 Å². The van der Waals surface area contributed by atoms with Crippen LogP contribution in [0, 0.1) is 5.41 Å². The van der Waals surface area contributed by atoms with Crippen molar-refractivity contribution < 1.29 is 14.3 Å². The molecule has 0 aliphatic carbocycles. The summed E-state index contributed by atoms with van der Waals surface area (Å²) >= 11 is 0. The van der Waals surface area contributed by atoms with E-state index in [0.717, 1.165) is 5.56 Å². The number of aromatic nitrogens is 4. The van der Waals surface area contributed by atoms with Crippen LogP contribution in [0.4, 0.5) is 0 Å². The molecule has 2 heterocycles. The second-order valence-electron chi connectivity index (χ2n) is 4.39. The molecule has 0 saturated heterocycles. The van der Waals surface area contributed by atoms with Crippen molar-refractivity contribution >= 4 is 5.97 Å². The number of hydrogen-bond donors (Lipinski definition) is 1. The molecule has 0 saturated carbocycles. The van der Waals surface area contributed by atoms with E-state index in [1.165, 1.54) is 17.2 Å². The van der Waals surface area contributed by atoms with Gasteiger partial charge in [0.15, 0.2) is 5.82 Å². The van der Waals surface area contributed by atoms with E-state index in [-0.39, 0.29) is 6.54 Å². The third-order valence-corrected chi connectivity index (χ3v) is 3.11. The minimum atomic E-state index is -0.895. The van der Waals surface area contributed by atoms with Gasteiger partial charge < -0.3 is 9.52 Å². The van der Waals surface area contributed by atoms with E-state index in [2.05, 4.69) is 15.5 Å². The van der Waals surface area contributed by atoms with Crippen LogP contribution in [-0.2, 0) is 11.3 Å². The summed E-state index contributed by atoms with van der Waals surface area (Å²) in [5, 5.41) is 20.6. The fraction of sp³-hybridized carbons (Fsp3) is 0.455. The quantitative estimate of drug-likeness (QED) is 0.862. The second kappa shape index (κ2) is 4.59. The molecule has 0 aliphatic heterocycles. The van der Waals surface area contributed by atoms with Gasteiger partial charge in [0, 0.05) is 0 Å². The fourth-order valence-electron chi connectivity index (χ4n) is 1.57. The van der Waals surface area contributed by atoms with Crippen molar-refractivity contribution in [2.45, 2.75) is 26.8 Å². The predicted molar refractivity (Wildman–Crippen MR) is 61.6 cm³/mol. The van der Waals surface area contributed by atoms with Gasteiger partial charge in [-0.05, 0) is 29.8 Å². The van der Waals surface area contributed by atoms with Gasteiger partial charge in [-0.25, -0.2) is 4.68 Å². The zero-order valence-electron chi connectivity index (χ0n) is 10.2. The highest BCUT2D eigenvalue weighted by atomic mass is 16.4. The molecular formula is C11H14N4O3. The van der Waals surface area contributed by atoms with Crippen LogP contribution in [0.15, 0.2) is 23.0 Å². The molecule has 2 aromatic rings. The SMILES string of the molecule is CCC(C)(Cn1nnnc1-c1ccoc1)C(=O)O. The Morgan fingerprint density at radius 1 is 1.61 bits per heavy atom. The standard InChI is InChI=1S/C11H14N4O3/c1-3-11(2,10(16)17)7-15-9(12-13-14-15)8-4-5-18-6-8/h4-6H,3,7H2,1-2H3,(H,16,17). The number of carboxylic acid groups (broad SMARTS) is 1. The van der Waals surface area contributed by atoms with Gasteiger partial charge in [-0.15, -0.1) is 5.10 Å². The largest absolute Gasteiger partial charge is 0.481 e. The maximum absolute atomic E-state index is 11.3. The smallest absolute Gasteiger partial charge is 0.311 e. The first-order valence-electron chi connectivity index (χ1n) is 5.59. The van der Waals surface area contributed by atoms with E-state index in [4.69, 9.17) is 4.42 Å². The van der Waals surface area contributed by atoms with Gasteiger partial charge >= 0.3 is 5.97 Å². The summed E-state index contributed by atoms with van der Waals surface area (Å²) in [6.45, 7) is 3.72. The Labute approximate surface area is 103 Å². The number of carbonyl (C=O) groups is 1. The van der Waals surface area contributed by atoms with Gasteiger partial charge in [0.1, 0.15) is 6.26 Å². The molecule has 0 aliphatic rings. The van der Waals surface area contributed by atoms with Crippen LogP contribution in [0.3, 0.4) is 0 Å². The normalized spacial score (nSPS) is 14.3. The van der Waals surface area contributed by atoms with Crippen LogP contribution in [0.1, 0.15) is 20.3 Å². The van der Waals surface area contributed by atoms with Crippen molar-refractivity contribution in [2.24, 2.45) is 5.41 Å². The molecule has 18 heavy (non-hydrogen) atoms. The average Bonchev–Trinajstić information content (AvgIpc) is 2.98. The number of hydrogen-bond acceptors (Lipinski definition) is 5. The summed E-state index contributed by atoms with van der Waals surface area (Å²) in [6.07, 6.45) is 3.53. The summed E-state index contributed by atoms with van der Waals surface area (Å²) < 4.78 is 6.46. The lowest BCUT2D eigenvalue weighted by Gasteiger charge is -2.22. The van der Waals surface area contributed by atoms with Crippen molar-refractivity contribution in [3.63, 3.8) is 0 Å². The maximum atomic E-state index is 11.3. The molecular weight excluding hydrogens is 236 g/mol. The molecule has 1 unspecified atom stereocenters. The van der Waals surface area contributed by atoms with Crippen molar-refractivity contribution in [1.29, 1.82) is 0 Å².